The highest BCUT2D eigenvalue weighted by Gasteiger charge is 2.25. The van der Waals surface area contributed by atoms with Crippen LogP contribution in [0.1, 0.15) is 11.1 Å². The number of nitrogens with zero attached hydrogens (tertiary/aromatic N) is 1. The number of benzene rings is 2. The molecule has 31 heavy (non-hydrogen) atoms. The molecule has 164 valence electrons. The van der Waals surface area contributed by atoms with Crippen molar-refractivity contribution in [3.63, 3.8) is 0 Å². The Kier molecular flexibility index (Phi) is 8.38. The lowest BCUT2D eigenvalue weighted by atomic mass is 10.2. The fraction of sp³-hybridized carbons (Fsp3) is 0.360. The summed E-state index contributed by atoms with van der Waals surface area (Å²) >= 11 is 0. The standard InChI is InChI=1S/C25H32N4O2/c1-21-10-12-23(13-11-21)26-24(30)19-27(2)20-25(31)29-17-15-28(16-18-29)14-6-9-22-7-4-3-5-8-22/h3-13H,14-20H2,1-2H3,(H,26,30)/p+2/b9-6+. The maximum absolute atomic E-state index is 12.6. The molecule has 1 fully saturated rings. The summed E-state index contributed by atoms with van der Waals surface area (Å²) in [7, 11) is 1.89. The van der Waals surface area contributed by atoms with Gasteiger partial charge in [-0.2, -0.15) is 0 Å². The third-order valence-electron chi connectivity index (χ3n) is 5.59. The molecular weight excluding hydrogens is 388 g/mol. The number of piperazine rings is 1. The molecule has 0 aromatic heterocycles. The van der Waals surface area contributed by atoms with Gasteiger partial charge in [-0.3, -0.25) is 9.59 Å². The van der Waals surface area contributed by atoms with Crippen LogP contribution in [0.4, 0.5) is 5.69 Å². The summed E-state index contributed by atoms with van der Waals surface area (Å²) in [4.78, 5) is 29.2. The Morgan fingerprint density at radius 2 is 1.71 bits per heavy atom. The summed E-state index contributed by atoms with van der Waals surface area (Å²) in [5.41, 5.74) is 3.16. The molecule has 1 aliphatic rings. The summed E-state index contributed by atoms with van der Waals surface area (Å²) in [6.45, 7) is 7.06. The Morgan fingerprint density at radius 3 is 2.39 bits per heavy atom. The Hall–Kier alpha value is -2.96. The number of hydrogen-bond donors (Lipinski definition) is 3. The van der Waals surface area contributed by atoms with Crippen molar-refractivity contribution in [2.45, 2.75) is 6.92 Å². The molecule has 1 aliphatic heterocycles. The minimum Gasteiger partial charge on any atom is -0.329 e. The van der Waals surface area contributed by atoms with Crippen LogP contribution in [0.25, 0.3) is 6.08 Å². The van der Waals surface area contributed by atoms with E-state index in [2.05, 4.69) is 29.6 Å². The maximum atomic E-state index is 12.6. The Morgan fingerprint density at radius 1 is 1.03 bits per heavy atom. The van der Waals surface area contributed by atoms with Gasteiger partial charge in [0.1, 0.15) is 0 Å². The topological polar surface area (TPSA) is 58.3 Å². The lowest BCUT2D eigenvalue weighted by molar-refractivity contribution is -0.898. The molecule has 0 aliphatic carbocycles. The van der Waals surface area contributed by atoms with Gasteiger partial charge in [0.25, 0.3) is 11.8 Å². The first-order valence-corrected chi connectivity index (χ1v) is 11.0. The molecule has 0 saturated carbocycles. The smallest absolute Gasteiger partial charge is 0.279 e. The molecule has 1 heterocycles. The molecule has 3 N–H and O–H groups in total. The molecule has 2 aromatic carbocycles. The zero-order chi connectivity index (χ0) is 22.1. The van der Waals surface area contributed by atoms with Gasteiger partial charge in [0.15, 0.2) is 13.1 Å². The molecule has 0 bridgehead atoms. The quantitative estimate of drug-likeness (QED) is 0.556. The van der Waals surface area contributed by atoms with E-state index < -0.39 is 0 Å². The number of hydrogen-bond acceptors (Lipinski definition) is 2. The molecule has 1 atom stereocenters. The van der Waals surface area contributed by atoms with Crippen LogP contribution in [0.2, 0.25) is 0 Å². The average Bonchev–Trinajstić information content (AvgIpc) is 2.76. The van der Waals surface area contributed by atoms with Crippen molar-refractivity contribution in [3.8, 4) is 0 Å². The van der Waals surface area contributed by atoms with Gasteiger partial charge in [-0.25, -0.2) is 0 Å². The molecule has 3 rings (SSSR count). The summed E-state index contributed by atoms with van der Waals surface area (Å²) in [6, 6.07) is 18.0. The van der Waals surface area contributed by atoms with Crippen LogP contribution in [0.15, 0.2) is 60.7 Å². The summed E-state index contributed by atoms with van der Waals surface area (Å²) in [5.74, 6) is 0.0492. The highest BCUT2D eigenvalue weighted by Crippen LogP contribution is 2.07. The molecule has 0 radical (unpaired) electrons. The number of carbonyl (C=O) groups is 2. The van der Waals surface area contributed by atoms with Gasteiger partial charge in [-0.1, -0.05) is 54.1 Å². The fourth-order valence-corrected chi connectivity index (χ4v) is 3.75. The van der Waals surface area contributed by atoms with E-state index in [9.17, 15) is 9.59 Å². The van der Waals surface area contributed by atoms with Gasteiger partial charge in [0.05, 0.1) is 39.8 Å². The van der Waals surface area contributed by atoms with E-state index in [0.717, 1.165) is 48.9 Å². The first-order valence-electron chi connectivity index (χ1n) is 11.0. The SMILES string of the molecule is Cc1ccc(NC(=O)C[NH+](C)CC(=O)N2CC[NH+](C/C=C/c3ccccc3)CC2)cc1. The van der Waals surface area contributed by atoms with E-state index in [4.69, 9.17) is 0 Å². The molecule has 2 aromatic rings. The van der Waals surface area contributed by atoms with Gasteiger partial charge in [-0.05, 0) is 30.7 Å². The molecule has 2 amide bonds. The van der Waals surface area contributed by atoms with E-state index in [1.807, 2.05) is 61.3 Å². The van der Waals surface area contributed by atoms with Crippen LogP contribution < -0.4 is 15.1 Å². The van der Waals surface area contributed by atoms with Crippen LogP contribution in [-0.2, 0) is 9.59 Å². The van der Waals surface area contributed by atoms with Crippen molar-refractivity contribution < 1.29 is 19.4 Å². The number of quaternary nitrogens is 2. The van der Waals surface area contributed by atoms with Gasteiger partial charge in [-0.15, -0.1) is 0 Å². The lowest BCUT2D eigenvalue weighted by Crippen LogP contribution is -3.15. The van der Waals surface area contributed by atoms with Gasteiger partial charge >= 0.3 is 0 Å². The number of amides is 2. The van der Waals surface area contributed by atoms with Crippen LogP contribution in [0, 0.1) is 6.92 Å². The molecule has 1 unspecified atom stereocenters. The monoisotopic (exact) mass is 422 g/mol. The van der Waals surface area contributed by atoms with Gasteiger partial charge < -0.3 is 20.0 Å². The van der Waals surface area contributed by atoms with Crippen LogP contribution in [0.5, 0.6) is 0 Å². The van der Waals surface area contributed by atoms with Gasteiger partial charge in [0, 0.05) is 5.69 Å². The second kappa shape index (κ2) is 11.4. The zero-order valence-electron chi connectivity index (χ0n) is 18.6. The van der Waals surface area contributed by atoms with Crippen molar-refractivity contribution in [2.75, 3.05) is 58.2 Å². The second-order valence-corrected chi connectivity index (χ2v) is 8.37. The van der Waals surface area contributed by atoms with Gasteiger partial charge in [0.2, 0.25) is 0 Å². The average molecular weight is 423 g/mol. The molecule has 0 spiro atoms. The molecule has 1 saturated heterocycles. The maximum Gasteiger partial charge on any atom is 0.279 e. The second-order valence-electron chi connectivity index (χ2n) is 8.37. The van der Waals surface area contributed by atoms with Crippen molar-refractivity contribution in [3.05, 3.63) is 71.8 Å². The molecule has 6 heteroatoms. The van der Waals surface area contributed by atoms with Crippen molar-refractivity contribution in [2.24, 2.45) is 0 Å². The number of likely N-dealkylation sites (N-methyl/N-ethyl adjacent to an activating group) is 1. The van der Waals surface area contributed by atoms with Crippen molar-refractivity contribution in [1.29, 1.82) is 0 Å². The van der Waals surface area contributed by atoms with Crippen molar-refractivity contribution in [1.82, 2.24) is 4.90 Å². The van der Waals surface area contributed by atoms with Crippen LogP contribution in [-0.4, -0.2) is 69.6 Å². The van der Waals surface area contributed by atoms with E-state index in [0.29, 0.717) is 6.54 Å². The summed E-state index contributed by atoms with van der Waals surface area (Å²) < 4.78 is 0. The molecule has 6 nitrogen and oxygen atoms in total. The first-order chi connectivity index (χ1) is 15.0. The minimum atomic E-state index is -0.0754. The minimum absolute atomic E-state index is 0.0754. The van der Waals surface area contributed by atoms with E-state index in [1.165, 1.54) is 10.5 Å². The third-order valence-corrected chi connectivity index (χ3v) is 5.59. The number of anilines is 1. The highest BCUT2D eigenvalue weighted by molar-refractivity contribution is 5.91. The molecular formula is C25H34N4O2+2. The zero-order valence-corrected chi connectivity index (χ0v) is 18.6. The normalized spacial score (nSPS) is 15.7. The fourth-order valence-electron chi connectivity index (χ4n) is 3.75. The number of nitrogens with one attached hydrogen (secondary N) is 3. The van der Waals surface area contributed by atoms with Crippen molar-refractivity contribution >= 4 is 23.6 Å². The Labute approximate surface area is 185 Å². The predicted molar refractivity (Wildman–Crippen MR) is 124 cm³/mol. The highest BCUT2D eigenvalue weighted by atomic mass is 16.2. The van der Waals surface area contributed by atoms with E-state index in [-0.39, 0.29) is 18.4 Å². The van der Waals surface area contributed by atoms with Crippen LogP contribution >= 0.6 is 0 Å². The first kappa shape index (κ1) is 22.7. The number of carbonyl (C=O) groups excluding carboxylic acids is 2. The Bertz CT molecular complexity index is 872. The van der Waals surface area contributed by atoms with Crippen LogP contribution in [0.3, 0.4) is 0 Å². The van der Waals surface area contributed by atoms with E-state index >= 15 is 0 Å². The van der Waals surface area contributed by atoms with E-state index in [1.54, 1.807) is 0 Å². The summed E-state index contributed by atoms with van der Waals surface area (Å²) in [5, 5.41) is 2.90. The predicted octanol–water partition coefficient (Wildman–Crippen LogP) is -0.111. The largest absolute Gasteiger partial charge is 0.329 e. The summed E-state index contributed by atoms with van der Waals surface area (Å²) in [6.07, 6.45) is 4.37. The Balaban J connectivity index is 1.35. The number of rotatable bonds is 8. The number of aryl methyl sites for hydroxylation is 1. The third kappa shape index (κ3) is 7.66. The lowest BCUT2D eigenvalue weighted by Gasteiger charge is -2.32.